The molecule has 0 unspecified atom stereocenters. The van der Waals surface area contributed by atoms with Gasteiger partial charge in [-0.3, -0.25) is 9.89 Å². The molecule has 0 radical (unpaired) electrons. The zero-order valence-corrected chi connectivity index (χ0v) is 14.7. The highest BCUT2D eigenvalue weighted by Crippen LogP contribution is 2.28. The summed E-state index contributed by atoms with van der Waals surface area (Å²) in [5.41, 5.74) is 2.08. The van der Waals surface area contributed by atoms with Crippen molar-refractivity contribution >= 4 is 17.5 Å². The van der Waals surface area contributed by atoms with Gasteiger partial charge < -0.3 is 9.64 Å². The summed E-state index contributed by atoms with van der Waals surface area (Å²) >= 11 is 6.10. The van der Waals surface area contributed by atoms with Gasteiger partial charge in [0.05, 0.1) is 10.7 Å². The average Bonchev–Trinajstić information content (AvgIpc) is 3.03. The Hall–Kier alpha value is -2.01. The highest BCUT2D eigenvalue weighted by molar-refractivity contribution is 6.32. The third-order valence-electron chi connectivity index (χ3n) is 4.37. The molecule has 128 valence electrons. The molecule has 1 aliphatic heterocycles. The number of aryl methyl sites for hydroxylation is 1. The quantitative estimate of drug-likeness (QED) is 0.920. The van der Waals surface area contributed by atoms with Gasteiger partial charge in [0.2, 0.25) is 0 Å². The number of nitrogens with zero attached hydrogens (tertiary/aromatic N) is 2. The van der Waals surface area contributed by atoms with Gasteiger partial charge in [-0.25, -0.2) is 0 Å². The maximum absolute atomic E-state index is 12.7. The van der Waals surface area contributed by atoms with Gasteiger partial charge in [-0.2, -0.15) is 5.10 Å². The zero-order chi connectivity index (χ0) is 17.1. The number of likely N-dealkylation sites (tertiary alicyclic amines) is 1. The van der Waals surface area contributed by atoms with E-state index in [4.69, 9.17) is 16.3 Å². The van der Waals surface area contributed by atoms with Gasteiger partial charge in [0.1, 0.15) is 5.75 Å². The topological polar surface area (TPSA) is 58.2 Å². The Morgan fingerprint density at radius 3 is 2.96 bits per heavy atom. The van der Waals surface area contributed by atoms with E-state index in [0.717, 1.165) is 30.8 Å². The van der Waals surface area contributed by atoms with Crippen LogP contribution in [-0.4, -0.2) is 40.2 Å². The highest BCUT2D eigenvalue weighted by atomic mass is 35.5. The van der Waals surface area contributed by atoms with Gasteiger partial charge in [-0.1, -0.05) is 23.7 Å². The first kappa shape index (κ1) is 16.8. The lowest BCUT2D eigenvalue weighted by Crippen LogP contribution is -2.45. The predicted molar refractivity (Wildman–Crippen MR) is 93.4 cm³/mol. The molecule has 2 atom stereocenters. The van der Waals surface area contributed by atoms with Crippen LogP contribution in [0.1, 0.15) is 37.1 Å². The number of para-hydroxylation sites is 1. The van der Waals surface area contributed by atoms with E-state index < -0.39 is 6.10 Å². The molecule has 1 aromatic heterocycles. The van der Waals surface area contributed by atoms with Crippen molar-refractivity contribution in [2.75, 3.05) is 13.1 Å². The second-order valence-corrected chi connectivity index (χ2v) is 6.70. The van der Waals surface area contributed by atoms with Crippen molar-refractivity contribution < 1.29 is 9.53 Å². The number of rotatable bonds is 4. The van der Waals surface area contributed by atoms with Crippen molar-refractivity contribution in [3.63, 3.8) is 0 Å². The standard InChI is InChI=1S/C18H22ClN3O2/c1-12-10-16(21-20-12)14-6-5-9-22(11-14)18(23)13(2)24-17-8-4-3-7-15(17)19/h3-4,7-8,10,13-14H,5-6,9,11H2,1-2H3,(H,20,21)/t13-,14-/m1/s1. The summed E-state index contributed by atoms with van der Waals surface area (Å²) in [4.78, 5) is 14.6. The number of benzene rings is 1. The third-order valence-corrected chi connectivity index (χ3v) is 4.68. The fourth-order valence-corrected chi connectivity index (χ4v) is 3.29. The Bertz CT molecular complexity index is 716. The first-order valence-electron chi connectivity index (χ1n) is 8.26. The lowest BCUT2D eigenvalue weighted by molar-refractivity contribution is -0.139. The molecule has 3 rings (SSSR count). The van der Waals surface area contributed by atoms with Crippen molar-refractivity contribution in [2.24, 2.45) is 0 Å². The lowest BCUT2D eigenvalue weighted by atomic mass is 9.94. The van der Waals surface area contributed by atoms with Crippen LogP contribution in [0.3, 0.4) is 0 Å². The van der Waals surface area contributed by atoms with Crippen LogP contribution >= 0.6 is 11.6 Å². The molecule has 24 heavy (non-hydrogen) atoms. The highest BCUT2D eigenvalue weighted by Gasteiger charge is 2.29. The number of nitrogens with one attached hydrogen (secondary N) is 1. The normalized spacial score (nSPS) is 19.1. The summed E-state index contributed by atoms with van der Waals surface area (Å²) in [5, 5.41) is 7.84. The first-order chi connectivity index (χ1) is 11.5. The predicted octanol–water partition coefficient (Wildman–Crippen LogP) is 3.55. The number of carbonyl (C=O) groups is 1. The molecular weight excluding hydrogens is 326 g/mol. The van der Waals surface area contributed by atoms with E-state index in [9.17, 15) is 4.79 Å². The number of H-pyrrole nitrogens is 1. The Balaban J connectivity index is 1.64. The van der Waals surface area contributed by atoms with Crippen molar-refractivity contribution in [1.29, 1.82) is 0 Å². The summed E-state index contributed by atoms with van der Waals surface area (Å²) in [6.45, 7) is 5.20. The van der Waals surface area contributed by atoms with Crippen LogP contribution in [0.5, 0.6) is 5.75 Å². The minimum Gasteiger partial charge on any atom is -0.479 e. The van der Waals surface area contributed by atoms with Crippen molar-refractivity contribution in [1.82, 2.24) is 15.1 Å². The van der Waals surface area contributed by atoms with Gasteiger partial charge in [0.15, 0.2) is 6.10 Å². The molecule has 5 nitrogen and oxygen atoms in total. The van der Waals surface area contributed by atoms with E-state index in [1.807, 2.05) is 24.0 Å². The molecule has 1 aliphatic rings. The van der Waals surface area contributed by atoms with Gasteiger partial charge >= 0.3 is 0 Å². The largest absolute Gasteiger partial charge is 0.479 e. The minimum absolute atomic E-state index is 0.00752. The number of amides is 1. The summed E-state index contributed by atoms with van der Waals surface area (Å²) < 4.78 is 5.76. The van der Waals surface area contributed by atoms with E-state index in [2.05, 4.69) is 16.3 Å². The maximum atomic E-state index is 12.7. The molecule has 1 N–H and O–H groups in total. The minimum atomic E-state index is -0.565. The summed E-state index contributed by atoms with van der Waals surface area (Å²) in [5.74, 6) is 0.809. The first-order valence-corrected chi connectivity index (χ1v) is 8.64. The second kappa shape index (κ2) is 7.26. The number of ether oxygens (including phenoxy) is 1. The number of piperidine rings is 1. The maximum Gasteiger partial charge on any atom is 0.263 e. The fourth-order valence-electron chi connectivity index (χ4n) is 3.11. The Labute approximate surface area is 147 Å². The fraction of sp³-hybridized carbons (Fsp3) is 0.444. The molecule has 1 amide bonds. The van der Waals surface area contributed by atoms with Gasteiger partial charge in [0, 0.05) is 24.7 Å². The average molecular weight is 348 g/mol. The second-order valence-electron chi connectivity index (χ2n) is 6.29. The molecular formula is C18H22ClN3O2. The van der Waals surface area contributed by atoms with Gasteiger partial charge in [0.25, 0.3) is 5.91 Å². The smallest absolute Gasteiger partial charge is 0.263 e. The number of hydrogen-bond acceptors (Lipinski definition) is 3. The summed E-state index contributed by atoms with van der Waals surface area (Å²) in [6, 6.07) is 9.27. The number of halogens is 1. The molecule has 2 heterocycles. The van der Waals surface area contributed by atoms with Gasteiger partial charge in [-0.15, -0.1) is 0 Å². The van der Waals surface area contributed by atoms with E-state index in [0.29, 0.717) is 17.3 Å². The molecule has 6 heteroatoms. The lowest BCUT2D eigenvalue weighted by Gasteiger charge is -2.33. The van der Waals surface area contributed by atoms with E-state index in [-0.39, 0.29) is 11.8 Å². The molecule has 1 saturated heterocycles. The van der Waals surface area contributed by atoms with Crippen molar-refractivity contribution in [2.45, 2.75) is 38.7 Å². The van der Waals surface area contributed by atoms with Crippen molar-refractivity contribution in [3.8, 4) is 5.75 Å². The molecule has 0 aliphatic carbocycles. The van der Waals surface area contributed by atoms with Crippen LogP contribution in [-0.2, 0) is 4.79 Å². The molecule has 0 bridgehead atoms. The van der Waals surface area contributed by atoms with E-state index in [1.54, 1.807) is 19.1 Å². The molecule has 0 saturated carbocycles. The SMILES string of the molecule is Cc1cc([C@@H]2CCCN(C(=O)[C@@H](C)Oc3ccccc3Cl)C2)n[nH]1. The van der Waals surface area contributed by atoms with E-state index in [1.165, 1.54) is 0 Å². The Morgan fingerprint density at radius 1 is 1.46 bits per heavy atom. The summed E-state index contributed by atoms with van der Waals surface area (Å²) in [7, 11) is 0. The molecule has 1 aromatic carbocycles. The van der Waals surface area contributed by atoms with Gasteiger partial charge in [-0.05, 0) is 44.9 Å². The third kappa shape index (κ3) is 3.73. The molecule has 0 spiro atoms. The zero-order valence-electron chi connectivity index (χ0n) is 14.0. The number of aromatic amines is 1. The Morgan fingerprint density at radius 2 is 2.25 bits per heavy atom. The number of aromatic nitrogens is 2. The van der Waals surface area contributed by atoms with Crippen LogP contribution in [0.4, 0.5) is 0 Å². The van der Waals surface area contributed by atoms with Crippen LogP contribution in [0.15, 0.2) is 30.3 Å². The van der Waals surface area contributed by atoms with Crippen LogP contribution in [0.25, 0.3) is 0 Å². The van der Waals surface area contributed by atoms with Crippen LogP contribution in [0.2, 0.25) is 5.02 Å². The Kier molecular flexibility index (Phi) is 5.09. The monoisotopic (exact) mass is 347 g/mol. The van der Waals surface area contributed by atoms with Crippen LogP contribution in [0, 0.1) is 6.92 Å². The molecule has 2 aromatic rings. The molecule has 1 fully saturated rings. The number of carbonyl (C=O) groups excluding carboxylic acids is 1. The summed E-state index contributed by atoms with van der Waals surface area (Å²) in [6.07, 6.45) is 1.46. The van der Waals surface area contributed by atoms with E-state index >= 15 is 0 Å². The van der Waals surface area contributed by atoms with Crippen LogP contribution < -0.4 is 4.74 Å². The number of hydrogen-bond donors (Lipinski definition) is 1. The van der Waals surface area contributed by atoms with Crippen molar-refractivity contribution in [3.05, 3.63) is 46.7 Å².